The number of amides is 1. The number of halogens is 6. The second-order valence-electron chi connectivity index (χ2n) is 13.7. The number of thiophene rings is 1. The topological polar surface area (TPSA) is 112 Å². The molecule has 16 heteroatoms. The van der Waals surface area contributed by atoms with Crippen LogP contribution >= 0.6 is 11.3 Å². The maximum atomic E-state index is 16.5. The van der Waals surface area contributed by atoms with Gasteiger partial charge >= 0.3 is 12.2 Å². The van der Waals surface area contributed by atoms with Gasteiger partial charge in [-0.25, -0.2) is 13.2 Å². The largest absolute Gasteiger partial charge is 0.467 e. The van der Waals surface area contributed by atoms with Gasteiger partial charge in [0.1, 0.15) is 34.4 Å². The van der Waals surface area contributed by atoms with E-state index < -0.39 is 40.6 Å². The van der Waals surface area contributed by atoms with E-state index in [4.69, 9.17) is 10.5 Å². The Kier molecular flexibility index (Phi) is 8.94. The van der Waals surface area contributed by atoms with Crippen LogP contribution in [0.25, 0.3) is 32.1 Å². The van der Waals surface area contributed by atoms with Crippen molar-refractivity contribution in [3.63, 3.8) is 0 Å². The van der Waals surface area contributed by atoms with Gasteiger partial charge in [0, 0.05) is 47.9 Å². The number of hydrogen-bond acceptors (Lipinski definition) is 9. The van der Waals surface area contributed by atoms with Crippen molar-refractivity contribution < 1.29 is 35.9 Å². The summed E-state index contributed by atoms with van der Waals surface area (Å²) in [6.45, 7) is 6.23. The number of nitrogens with zero attached hydrogens (tertiary/aromatic N) is 6. The lowest BCUT2D eigenvalue weighted by atomic mass is 9.91. The average Bonchev–Trinajstić information content (AvgIpc) is 3.82. The highest BCUT2D eigenvalue weighted by Gasteiger charge is 2.50. The maximum Gasteiger partial charge on any atom is 0.417 e. The summed E-state index contributed by atoms with van der Waals surface area (Å²) in [5.74, 6) is -2.31. The van der Waals surface area contributed by atoms with Crippen molar-refractivity contribution in [3.05, 3.63) is 41.0 Å². The molecule has 2 aromatic heterocycles. The molecular formula is C35H35F6N7O2S. The molecule has 6 heterocycles. The molecule has 4 unspecified atom stereocenters. The molecule has 8 rings (SSSR count). The summed E-state index contributed by atoms with van der Waals surface area (Å²) in [4.78, 5) is 26.8. The molecular weight excluding hydrogens is 696 g/mol. The van der Waals surface area contributed by atoms with Crippen LogP contribution in [0.2, 0.25) is 0 Å². The minimum Gasteiger partial charge on any atom is -0.467 e. The minimum absolute atomic E-state index is 0.0151. The van der Waals surface area contributed by atoms with Crippen molar-refractivity contribution in [3.8, 4) is 23.2 Å². The molecule has 2 aromatic carbocycles. The standard InChI is InChI=1S/C28H23F5N6O2S.C7H12FN/c1-11(2)26(40)38-7-6-17-18(38)10-39(17)25-13-8-15(28(31,32)33)20(21(30)22(13)36-27(37-25)41-3)12-4-5-16(29)23-19(12)14(9-34)24(35)42-23;8-6-4-7-2-1-3-9(7)5-6/h4-5,8,11,17-18H,6-7,10,35H2,1-3H3;6-7H,1-5H2. The van der Waals surface area contributed by atoms with Crippen molar-refractivity contribution >= 4 is 49.1 Å². The molecule has 9 nitrogen and oxygen atoms in total. The molecule has 4 fully saturated rings. The molecule has 4 aliphatic heterocycles. The zero-order valence-electron chi connectivity index (χ0n) is 28.0. The first-order chi connectivity index (χ1) is 24.2. The van der Waals surface area contributed by atoms with Gasteiger partial charge in [-0.2, -0.15) is 28.4 Å². The van der Waals surface area contributed by atoms with Crippen LogP contribution in [0.3, 0.4) is 0 Å². The molecule has 0 spiro atoms. The van der Waals surface area contributed by atoms with Crippen LogP contribution in [0.5, 0.6) is 6.01 Å². The van der Waals surface area contributed by atoms with Crippen LogP contribution in [0.1, 0.15) is 50.7 Å². The monoisotopic (exact) mass is 731 g/mol. The summed E-state index contributed by atoms with van der Waals surface area (Å²) >= 11 is 0.694. The Hall–Kier alpha value is -4.36. The van der Waals surface area contributed by atoms with E-state index in [1.165, 1.54) is 20.0 Å². The first-order valence-electron chi connectivity index (χ1n) is 16.7. The normalized spacial score (nSPS) is 22.9. The van der Waals surface area contributed by atoms with Gasteiger partial charge in [0.15, 0.2) is 5.82 Å². The van der Waals surface area contributed by atoms with Gasteiger partial charge in [0.25, 0.3) is 0 Å². The SMILES string of the molecule is COc1nc(N2CC3C2CCN3C(=O)C(C)C)c2cc(C(F)(F)F)c(-c3ccc(F)c4sc(N)c(C#N)c34)c(F)c2n1.FC1CC2CCCN2C1. The summed E-state index contributed by atoms with van der Waals surface area (Å²) in [5, 5.41) is 9.16. The number of anilines is 2. The van der Waals surface area contributed by atoms with Gasteiger partial charge in [0.2, 0.25) is 5.91 Å². The van der Waals surface area contributed by atoms with Crippen LogP contribution < -0.4 is 15.4 Å². The van der Waals surface area contributed by atoms with Crippen LogP contribution in [0, 0.1) is 28.9 Å². The number of carbonyl (C=O) groups is 1. The number of aromatic nitrogens is 2. The molecule has 4 saturated heterocycles. The number of methoxy groups -OCH3 is 1. The molecule has 4 atom stereocenters. The van der Waals surface area contributed by atoms with Crippen LogP contribution in [0.15, 0.2) is 18.2 Å². The van der Waals surface area contributed by atoms with E-state index in [2.05, 4.69) is 14.9 Å². The molecule has 0 bridgehead atoms. The Bertz CT molecular complexity index is 2070. The van der Waals surface area contributed by atoms with Gasteiger partial charge in [0.05, 0.1) is 35.0 Å². The van der Waals surface area contributed by atoms with E-state index >= 15 is 4.39 Å². The molecule has 0 aliphatic carbocycles. The second kappa shape index (κ2) is 13.0. The van der Waals surface area contributed by atoms with Gasteiger partial charge < -0.3 is 20.3 Å². The molecule has 51 heavy (non-hydrogen) atoms. The molecule has 4 aliphatic rings. The predicted molar refractivity (Wildman–Crippen MR) is 181 cm³/mol. The number of rotatable bonds is 4. The third-order valence-corrected chi connectivity index (χ3v) is 11.4. The first-order valence-corrected chi connectivity index (χ1v) is 17.6. The zero-order valence-corrected chi connectivity index (χ0v) is 28.8. The van der Waals surface area contributed by atoms with E-state index in [1.54, 1.807) is 29.7 Å². The number of hydrogen-bond donors (Lipinski definition) is 1. The third-order valence-electron chi connectivity index (χ3n) is 10.4. The van der Waals surface area contributed by atoms with Gasteiger partial charge in [-0.15, -0.1) is 11.3 Å². The highest BCUT2D eigenvalue weighted by molar-refractivity contribution is 7.23. The Labute approximate surface area is 293 Å². The fraction of sp³-hybridized carbons (Fsp3) is 0.486. The van der Waals surface area contributed by atoms with E-state index in [0.29, 0.717) is 43.4 Å². The number of benzene rings is 2. The molecule has 1 amide bonds. The molecule has 270 valence electrons. The summed E-state index contributed by atoms with van der Waals surface area (Å²) in [6.07, 6.45) is -1.68. The van der Waals surface area contributed by atoms with Gasteiger partial charge in [-0.3, -0.25) is 9.69 Å². The summed E-state index contributed by atoms with van der Waals surface area (Å²) < 4.78 is 92.8. The minimum atomic E-state index is -5.05. The molecule has 0 radical (unpaired) electrons. The smallest absolute Gasteiger partial charge is 0.417 e. The molecule has 0 saturated carbocycles. The van der Waals surface area contributed by atoms with Gasteiger partial charge in [-0.1, -0.05) is 19.9 Å². The molecule has 4 aromatic rings. The number of alkyl halides is 4. The lowest BCUT2D eigenvalue weighted by molar-refractivity contribution is -0.137. The van der Waals surface area contributed by atoms with Crippen LogP contribution in [-0.4, -0.2) is 83.3 Å². The van der Waals surface area contributed by atoms with E-state index in [0.717, 1.165) is 31.2 Å². The average molecular weight is 732 g/mol. The van der Waals surface area contributed by atoms with Crippen molar-refractivity contribution in [2.24, 2.45) is 5.92 Å². The maximum absolute atomic E-state index is 16.5. The number of likely N-dealkylation sites (tertiary alicyclic amines) is 1. The predicted octanol–water partition coefficient (Wildman–Crippen LogP) is 6.91. The highest BCUT2D eigenvalue weighted by Crippen LogP contribution is 2.49. The Balaban J connectivity index is 0.000000389. The number of nitrogen functional groups attached to an aromatic ring is 1. The first kappa shape index (κ1) is 35.1. The van der Waals surface area contributed by atoms with Gasteiger partial charge in [-0.05, 0) is 49.9 Å². The van der Waals surface area contributed by atoms with E-state index in [9.17, 15) is 32.0 Å². The summed E-state index contributed by atoms with van der Waals surface area (Å²) in [6, 6.07) is 4.47. The number of fused-ring (bicyclic) bond motifs is 4. The van der Waals surface area contributed by atoms with E-state index in [1.807, 2.05) is 0 Å². The number of ether oxygens (including phenoxy) is 1. The van der Waals surface area contributed by atoms with Crippen molar-refractivity contribution in [2.45, 2.75) is 70.0 Å². The fourth-order valence-corrected chi connectivity index (χ4v) is 8.94. The fourth-order valence-electron chi connectivity index (χ4n) is 7.99. The quantitative estimate of drug-likeness (QED) is 0.226. The number of nitrogens with two attached hydrogens (primary N) is 1. The summed E-state index contributed by atoms with van der Waals surface area (Å²) in [5.41, 5.74) is 2.62. The number of nitriles is 1. The Morgan fingerprint density at radius 2 is 1.90 bits per heavy atom. The van der Waals surface area contributed by atoms with Crippen molar-refractivity contribution in [1.29, 1.82) is 5.26 Å². The highest BCUT2D eigenvalue weighted by atomic mass is 32.1. The molecule has 2 N–H and O–H groups in total. The van der Waals surface area contributed by atoms with Crippen LogP contribution in [0.4, 0.5) is 37.2 Å². The van der Waals surface area contributed by atoms with Crippen LogP contribution in [-0.2, 0) is 11.0 Å². The lowest BCUT2D eigenvalue weighted by Gasteiger charge is -2.48. The Morgan fingerprint density at radius 1 is 1.14 bits per heavy atom. The third kappa shape index (κ3) is 5.87. The van der Waals surface area contributed by atoms with Crippen molar-refractivity contribution in [2.75, 3.05) is 43.9 Å². The van der Waals surface area contributed by atoms with Crippen molar-refractivity contribution in [1.82, 2.24) is 19.8 Å². The van der Waals surface area contributed by atoms with E-state index in [-0.39, 0.29) is 67.3 Å². The second-order valence-corrected chi connectivity index (χ2v) is 14.7. The summed E-state index contributed by atoms with van der Waals surface area (Å²) in [7, 11) is 1.25. The lowest BCUT2D eigenvalue weighted by Crippen LogP contribution is -2.63. The zero-order chi connectivity index (χ0) is 36.5. The Morgan fingerprint density at radius 3 is 2.57 bits per heavy atom. The number of carbonyl (C=O) groups excluding carboxylic acids is 1.